The van der Waals surface area contributed by atoms with Crippen molar-refractivity contribution in [2.45, 2.75) is 48.5 Å². The summed E-state index contributed by atoms with van der Waals surface area (Å²) in [4.78, 5) is 13.1. The number of hydrogen-bond acceptors (Lipinski definition) is 3. The molecule has 0 bridgehead atoms. The number of ketones is 1. The average Bonchev–Trinajstić information content (AvgIpc) is 2.75. The third kappa shape index (κ3) is 5.92. The van der Waals surface area contributed by atoms with Gasteiger partial charge in [0.15, 0.2) is 5.78 Å². The molecule has 0 spiro atoms. The Hall–Kier alpha value is -3.33. The lowest BCUT2D eigenvalue weighted by Gasteiger charge is -2.31. The average molecular weight is 439 g/mol. The summed E-state index contributed by atoms with van der Waals surface area (Å²) in [6.45, 7) is 14.4. The quantitative estimate of drug-likeness (QED) is 0.442. The van der Waals surface area contributed by atoms with Crippen LogP contribution in [0.2, 0.25) is 0 Å². The fraction of sp³-hybridized carbons (Fsp3) is 0.300. The second-order valence-electron chi connectivity index (χ2n) is 10.5. The van der Waals surface area contributed by atoms with Gasteiger partial charge >= 0.3 is 0 Å². The van der Waals surface area contributed by atoms with Gasteiger partial charge in [-0.2, -0.15) is 10.2 Å². The number of carbonyl (C=O) groups is 1. The van der Waals surface area contributed by atoms with Gasteiger partial charge in [-0.25, -0.2) is 0 Å². The van der Waals surface area contributed by atoms with E-state index in [9.17, 15) is 4.79 Å². The molecule has 0 saturated heterocycles. The molecular formula is C30H34N2O. The van der Waals surface area contributed by atoms with Gasteiger partial charge in [0.25, 0.3) is 0 Å². The van der Waals surface area contributed by atoms with E-state index >= 15 is 0 Å². The van der Waals surface area contributed by atoms with Crippen molar-refractivity contribution in [2.24, 2.45) is 21.1 Å². The van der Waals surface area contributed by atoms with Crippen LogP contribution in [0.5, 0.6) is 0 Å². The normalized spacial score (nSPS) is 14.8. The van der Waals surface area contributed by atoms with Gasteiger partial charge in [0.2, 0.25) is 0 Å². The molecule has 0 N–H and O–H groups in total. The third-order valence-electron chi connectivity index (χ3n) is 5.63. The highest BCUT2D eigenvalue weighted by Crippen LogP contribution is 2.39. The number of hydrogen-bond donors (Lipinski definition) is 0. The van der Waals surface area contributed by atoms with Crippen molar-refractivity contribution >= 4 is 11.4 Å². The molecule has 2 aromatic rings. The molecule has 3 heteroatoms. The zero-order chi connectivity index (χ0) is 24.2. The molecule has 0 aliphatic heterocycles. The number of allylic oxidation sites excluding steroid dienone is 6. The van der Waals surface area contributed by atoms with E-state index in [1.54, 1.807) is 6.20 Å². The van der Waals surface area contributed by atoms with Gasteiger partial charge in [-0.05, 0) is 46.6 Å². The highest BCUT2D eigenvalue weighted by atomic mass is 16.1. The largest absolute Gasteiger partial charge is 0.289 e. The SMILES string of the molecule is CC(N=NC=C1C=C(C(C)(C)C)C(=O)C(C(C)(C)C)=C1)=C(c1ccccc1)c1ccccc1. The van der Waals surface area contributed by atoms with E-state index < -0.39 is 0 Å². The molecule has 0 unspecified atom stereocenters. The molecule has 0 amide bonds. The van der Waals surface area contributed by atoms with Gasteiger partial charge in [0, 0.05) is 16.7 Å². The van der Waals surface area contributed by atoms with Crippen LogP contribution in [0.15, 0.2) is 112 Å². The fourth-order valence-corrected chi connectivity index (χ4v) is 3.87. The maximum atomic E-state index is 13.1. The second-order valence-corrected chi connectivity index (χ2v) is 10.5. The molecule has 0 fully saturated rings. The minimum atomic E-state index is -0.248. The highest BCUT2D eigenvalue weighted by molar-refractivity contribution is 6.11. The van der Waals surface area contributed by atoms with Crippen molar-refractivity contribution in [2.75, 3.05) is 0 Å². The van der Waals surface area contributed by atoms with Gasteiger partial charge < -0.3 is 0 Å². The summed E-state index contributed by atoms with van der Waals surface area (Å²) in [7, 11) is 0. The molecule has 1 aliphatic carbocycles. The number of benzene rings is 2. The van der Waals surface area contributed by atoms with Crippen LogP contribution in [0.25, 0.3) is 5.57 Å². The van der Waals surface area contributed by atoms with E-state index in [-0.39, 0.29) is 16.6 Å². The lowest BCUT2D eigenvalue weighted by atomic mass is 9.72. The smallest absolute Gasteiger partial charge is 0.186 e. The van der Waals surface area contributed by atoms with Crippen LogP contribution in [-0.2, 0) is 4.79 Å². The molecule has 0 heterocycles. The number of azo groups is 1. The van der Waals surface area contributed by atoms with Crippen LogP contribution in [0.1, 0.15) is 59.6 Å². The van der Waals surface area contributed by atoms with Crippen molar-refractivity contribution in [1.82, 2.24) is 0 Å². The van der Waals surface area contributed by atoms with E-state index in [1.165, 1.54) is 0 Å². The Morgan fingerprint density at radius 3 is 1.55 bits per heavy atom. The summed E-state index contributed by atoms with van der Waals surface area (Å²) >= 11 is 0. The Morgan fingerprint density at radius 1 is 0.727 bits per heavy atom. The zero-order valence-electron chi connectivity index (χ0n) is 20.8. The summed E-state index contributed by atoms with van der Waals surface area (Å²) in [5, 5.41) is 8.98. The first-order valence-corrected chi connectivity index (χ1v) is 11.4. The number of rotatable bonds is 4. The first-order chi connectivity index (χ1) is 15.5. The molecule has 0 saturated carbocycles. The highest BCUT2D eigenvalue weighted by Gasteiger charge is 2.33. The first kappa shape index (κ1) is 24.3. The predicted octanol–water partition coefficient (Wildman–Crippen LogP) is 8.33. The van der Waals surface area contributed by atoms with Crippen LogP contribution < -0.4 is 0 Å². The van der Waals surface area contributed by atoms with Crippen LogP contribution in [0.3, 0.4) is 0 Å². The van der Waals surface area contributed by atoms with Crippen LogP contribution in [0, 0.1) is 10.8 Å². The zero-order valence-corrected chi connectivity index (χ0v) is 20.8. The standard InChI is InChI=1S/C30H34N2O/c1-21(27(23-14-10-8-11-15-23)24-16-12-9-13-17-24)32-31-20-22-18-25(29(2,3)4)28(33)26(19-22)30(5,6)7/h8-20H,1-7H3. The van der Waals surface area contributed by atoms with Crippen molar-refractivity contribution in [3.05, 3.63) is 113 Å². The van der Waals surface area contributed by atoms with Gasteiger partial charge in [0.05, 0.1) is 11.9 Å². The molecule has 3 rings (SSSR count). The van der Waals surface area contributed by atoms with Crippen molar-refractivity contribution < 1.29 is 4.79 Å². The molecule has 170 valence electrons. The predicted molar refractivity (Wildman–Crippen MR) is 138 cm³/mol. The molecule has 0 radical (unpaired) electrons. The molecule has 0 atom stereocenters. The Kier molecular flexibility index (Phi) is 7.12. The molecule has 3 nitrogen and oxygen atoms in total. The molecule has 0 aromatic heterocycles. The first-order valence-electron chi connectivity index (χ1n) is 11.4. The maximum Gasteiger partial charge on any atom is 0.186 e. The van der Waals surface area contributed by atoms with Crippen LogP contribution in [0.4, 0.5) is 0 Å². The minimum absolute atomic E-state index is 0.121. The topological polar surface area (TPSA) is 41.8 Å². The Labute approximate surface area is 198 Å². The summed E-state index contributed by atoms with van der Waals surface area (Å²) < 4.78 is 0. The third-order valence-corrected chi connectivity index (χ3v) is 5.63. The summed E-state index contributed by atoms with van der Waals surface area (Å²) in [6, 6.07) is 20.5. The summed E-state index contributed by atoms with van der Waals surface area (Å²) in [6.07, 6.45) is 5.65. The van der Waals surface area contributed by atoms with E-state index in [4.69, 9.17) is 0 Å². The van der Waals surface area contributed by atoms with Gasteiger partial charge in [-0.15, -0.1) is 0 Å². The lowest BCUT2D eigenvalue weighted by Crippen LogP contribution is -2.27. The molecular weight excluding hydrogens is 404 g/mol. The number of Topliss-reactive ketones (excluding diaryl/α,β-unsaturated/α-hetero) is 1. The monoisotopic (exact) mass is 438 g/mol. The van der Waals surface area contributed by atoms with Crippen molar-refractivity contribution in [1.29, 1.82) is 0 Å². The van der Waals surface area contributed by atoms with Crippen molar-refractivity contribution in [3.8, 4) is 0 Å². The Bertz CT molecular complexity index is 1090. The maximum absolute atomic E-state index is 13.1. The summed E-state index contributed by atoms with van der Waals surface area (Å²) in [5.74, 6) is 0.121. The number of nitrogens with zero attached hydrogens (tertiary/aromatic N) is 2. The number of carbonyl (C=O) groups excluding carboxylic acids is 1. The van der Waals surface area contributed by atoms with Gasteiger partial charge in [0.1, 0.15) is 0 Å². The Balaban J connectivity index is 2.05. The van der Waals surface area contributed by atoms with E-state index in [1.807, 2.05) is 55.5 Å². The molecule has 33 heavy (non-hydrogen) atoms. The minimum Gasteiger partial charge on any atom is -0.289 e. The molecule has 1 aliphatic rings. The van der Waals surface area contributed by atoms with E-state index in [0.717, 1.165) is 39.1 Å². The second kappa shape index (κ2) is 9.66. The summed E-state index contributed by atoms with van der Waals surface area (Å²) in [5.41, 5.74) is 6.08. The fourth-order valence-electron chi connectivity index (χ4n) is 3.87. The van der Waals surface area contributed by atoms with Crippen LogP contribution >= 0.6 is 0 Å². The van der Waals surface area contributed by atoms with Gasteiger partial charge in [-0.1, -0.05) is 102 Å². The van der Waals surface area contributed by atoms with E-state index in [2.05, 4.69) is 76.0 Å². The molecule has 2 aromatic carbocycles. The van der Waals surface area contributed by atoms with Crippen molar-refractivity contribution in [3.63, 3.8) is 0 Å². The Morgan fingerprint density at radius 2 is 1.15 bits per heavy atom. The van der Waals surface area contributed by atoms with Crippen LogP contribution in [-0.4, -0.2) is 5.78 Å². The van der Waals surface area contributed by atoms with Gasteiger partial charge in [-0.3, -0.25) is 4.79 Å². The lowest BCUT2D eigenvalue weighted by molar-refractivity contribution is -0.114. The van der Waals surface area contributed by atoms with E-state index in [0.29, 0.717) is 0 Å².